The zero-order chi connectivity index (χ0) is 14.4. The number of aryl methyl sites for hydroxylation is 1. The van der Waals surface area contributed by atoms with Crippen molar-refractivity contribution in [1.82, 2.24) is 5.32 Å². The number of benzene rings is 1. The summed E-state index contributed by atoms with van der Waals surface area (Å²) in [6.45, 7) is 9.14. The van der Waals surface area contributed by atoms with Crippen LogP contribution in [0.15, 0.2) is 18.2 Å². The lowest BCUT2D eigenvalue weighted by Gasteiger charge is -2.17. The molecule has 0 bridgehead atoms. The van der Waals surface area contributed by atoms with Gasteiger partial charge in [-0.15, -0.1) is 0 Å². The zero-order valence-electron chi connectivity index (χ0n) is 12.2. The van der Waals surface area contributed by atoms with Crippen LogP contribution in [0.2, 0.25) is 0 Å². The van der Waals surface area contributed by atoms with Gasteiger partial charge in [0.05, 0.1) is 0 Å². The van der Waals surface area contributed by atoms with Crippen LogP contribution in [-0.2, 0) is 4.79 Å². The van der Waals surface area contributed by atoms with E-state index in [2.05, 4.69) is 25.2 Å². The Morgan fingerprint density at radius 1 is 1.42 bits per heavy atom. The van der Waals surface area contributed by atoms with E-state index in [0.29, 0.717) is 12.5 Å². The van der Waals surface area contributed by atoms with Gasteiger partial charge in [-0.25, -0.2) is 0 Å². The number of ether oxygens (including phenoxy) is 1. The van der Waals surface area contributed by atoms with Gasteiger partial charge in [-0.2, -0.15) is 0 Å². The molecule has 1 amide bonds. The first-order valence-electron chi connectivity index (χ1n) is 6.71. The third-order valence-corrected chi connectivity index (χ3v) is 3.08. The summed E-state index contributed by atoms with van der Waals surface area (Å²) in [5, 5.41) is 3.01. The van der Waals surface area contributed by atoms with Crippen LogP contribution in [0.4, 0.5) is 0 Å². The molecule has 106 valence electrons. The molecule has 0 radical (unpaired) electrons. The van der Waals surface area contributed by atoms with Crippen LogP contribution in [0.5, 0.6) is 5.75 Å². The number of amides is 1. The number of carbonyl (C=O) groups excluding carboxylic acids is 1. The lowest BCUT2D eigenvalue weighted by Crippen LogP contribution is -2.45. The van der Waals surface area contributed by atoms with Gasteiger partial charge in [-0.05, 0) is 36.6 Å². The fourth-order valence-corrected chi connectivity index (χ4v) is 1.79. The molecule has 1 aromatic carbocycles. The molecule has 0 aliphatic rings. The van der Waals surface area contributed by atoms with Gasteiger partial charge in [-0.3, -0.25) is 4.79 Å². The molecule has 0 spiro atoms. The number of carbonyl (C=O) groups is 1. The molecule has 1 aromatic rings. The van der Waals surface area contributed by atoms with E-state index in [9.17, 15) is 4.79 Å². The average molecular weight is 264 g/mol. The Kier molecular flexibility index (Phi) is 5.83. The van der Waals surface area contributed by atoms with E-state index in [1.54, 1.807) is 0 Å². The molecule has 0 saturated carbocycles. The number of hydrogen-bond donors (Lipinski definition) is 2. The molecule has 0 aliphatic heterocycles. The van der Waals surface area contributed by atoms with Crippen LogP contribution in [0.1, 0.15) is 37.8 Å². The number of nitrogens with two attached hydrogens (primary N) is 1. The molecule has 1 unspecified atom stereocenters. The number of primary amides is 1. The Morgan fingerprint density at radius 2 is 2.11 bits per heavy atom. The maximum Gasteiger partial charge on any atom is 0.238 e. The second-order valence-corrected chi connectivity index (χ2v) is 5.00. The third-order valence-electron chi connectivity index (χ3n) is 3.08. The van der Waals surface area contributed by atoms with Crippen LogP contribution in [-0.4, -0.2) is 25.1 Å². The second-order valence-electron chi connectivity index (χ2n) is 5.00. The van der Waals surface area contributed by atoms with Crippen LogP contribution in [0, 0.1) is 6.92 Å². The molecule has 0 saturated heterocycles. The smallest absolute Gasteiger partial charge is 0.238 e. The Labute approximate surface area is 115 Å². The molecule has 4 nitrogen and oxygen atoms in total. The predicted molar refractivity (Wildman–Crippen MR) is 77.4 cm³/mol. The quantitative estimate of drug-likeness (QED) is 0.791. The highest BCUT2D eigenvalue weighted by molar-refractivity contribution is 5.80. The fraction of sp³-hybridized carbons (Fsp3) is 0.533. The van der Waals surface area contributed by atoms with Gasteiger partial charge in [0.2, 0.25) is 5.91 Å². The summed E-state index contributed by atoms with van der Waals surface area (Å²) in [5.41, 5.74) is 7.60. The normalized spacial score (nSPS) is 12.5. The monoisotopic (exact) mass is 264 g/mol. The van der Waals surface area contributed by atoms with E-state index >= 15 is 0 Å². The third kappa shape index (κ3) is 4.56. The van der Waals surface area contributed by atoms with E-state index in [0.717, 1.165) is 11.3 Å². The van der Waals surface area contributed by atoms with Crippen molar-refractivity contribution in [3.8, 4) is 5.75 Å². The van der Waals surface area contributed by atoms with Gasteiger partial charge in [0.1, 0.15) is 18.4 Å². The van der Waals surface area contributed by atoms with Gasteiger partial charge >= 0.3 is 0 Å². The van der Waals surface area contributed by atoms with E-state index in [4.69, 9.17) is 10.5 Å². The molecule has 4 heteroatoms. The minimum absolute atomic E-state index is 0.256. The van der Waals surface area contributed by atoms with Crippen LogP contribution >= 0.6 is 0 Å². The zero-order valence-corrected chi connectivity index (χ0v) is 12.2. The van der Waals surface area contributed by atoms with Crippen molar-refractivity contribution in [2.24, 2.45) is 5.73 Å². The number of rotatable bonds is 7. The molecule has 0 aliphatic carbocycles. The number of hydrogen-bond acceptors (Lipinski definition) is 3. The standard InChI is InChI=1S/C15H24N2O2/c1-5-17-13(15(16)18)9-19-14-8-12(10(2)3)7-6-11(14)4/h6-8,10,13,17H,5,9H2,1-4H3,(H2,16,18). The average Bonchev–Trinajstić information content (AvgIpc) is 2.35. The molecule has 19 heavy (non-hydrogen) atoms. The summed E-state index contributed by atoms with van der Waals surface area (Å²) >= 11 is 0. The highest BCUT2D eigenvalue weighted by atomic mass is 16.5. The summed E-state index contributed by atoms with van der Waals surface area (Å²) in [4.78, 5) is 11.3. The summed E-state index contributed by atoms with van der Waals surface area (Å²) in [5.74, 6) is 0.874. The van der Waals surface area contributed by atoms with Gasteiger partial charge in [0.25, 0.3) is 0 Å². The number of likely N-dealkylation sites (N-methyl/N-ethyl adjacent to an activating group) is 1. The van der Waals surface area contributed by atoms with Crippen LogP contribution in [0.25, 0.3) is 0 Å². The second kappa shape index (κ2) is 7.14. The van der Waals surface area contributed by atoms with Crippen LogP contribution in [0.3, 0.4) is 0 Å². The molecule has 3 N–H and O–H groups in total. The molecule has 1 rings (SSSR count). The molecule has 0 heterocycles. The lowest BCUT2D eigenvalue weighted by atomic mass is 10.0. The van der Waals surface area contributed by atoms with Gasteiger partial charge < -0.3 is 15.8 Å². The summed E-state index contributed by atoms with van der Waals surface area (Å²) in [6.07, 6.45) is 0. The summed E-state index contributed by atoms with van der Waals surface area (Å²) in [6, 6.07) is 5.72. The first kappa shape index (κ1) is 15.5. The maximum atomic E-state index is 11.3. The molecule has 0 fully saturated rings. The minimum Gasteiger partial charge on any atom is -0.491 e. The summed E-state index contributed by atoms with van der Waals surface area (Å²) < 4.78 is 5.74. The van der Waals surface area contributed by atoms with Crippen molar-refractivity contribution < 1.29 is 9.53 Å². The van der Waals surface area contributed by atoms with Crippen molar-refractivity contribution in [2.75, 3.05) is 13.2 Å². The fourth-order valence-electron chi connectivity index (χ4n) is 1.79. The van der Waals surface area contributed by atoms with Gasteiger partial charge in [0.15, 0.2) is 0 Å². The van der Waals surface area contributed by atoms with E-state index in [1.807, 2.05) is 26.0 Å². The van der Waals surface area contributed by atoms with Crippen molar-refractivity contribution in [3.05, 3.63) is 29.3 Å². The molecule has 0 aromatic heterocycles. The first-order chi connectivity index (χ1) is 8.95. The van der Waals surface area contributed by atoms with Crippen molar-refractivity contribution in [3.63, 3.8) is 0 Å². The number of nitrogens with one attached hydrogen (secondary N) is 1. The first-order valence-corrected chi connectivity index (χ1v) is 6.71. The highest BCUT2D eigenvalue weighted by Gasteiger charge is 2.15. The molecule has 1 atom stereocenters. The minimum atomic E-state index is -0.452. The van der Waals surface area contributed by atoms with Crippen LogP contribution < -0.4 is 15.8 Å². The Hall–Kier alpha value is -1.55. The molecular formula is C15H24N2O2. The predicted octanol–water partition coefficient (Wildman–Crippen LogP) is 1.96. The largest absolute Gasteiger partial charge is 0.491 e. The van der Waals surface area contributed by atoms with Gasteiger partial charge in [-0.1, -0.05) is 32.9 Å². The van der Waals surface area contributed by atoms with Crippen molar-refractivity contribution in [1.29, 1.82) is 0 Å². The topological polar surface area (TPSA) is 64.3 Å². The van der Waals surface area contributed by atoms with Crippen molar-refractivity contribution in [2.45, 2.75) is 39.7 Å². The van der Waals surface area contributed by atoms with Gasteiger partial charge in [0, 0.05) is 0 Å². The van der Waals surface area contributed by atoms with E-state index in [-0.39, 0.29) is 12.5 Å². The Balaban J connectivity index is 2.75. The van der Waals surface area contributed by atoms with Crippen molar-refractivity contribution >= 4 is 5.91 Å². The Morgan fingerprint density at radius 3 is 2.63 bits per heavy atom. The Bertz CT molecular complexity index is 430. The molecular weight excluding hydrogens is 240 g/mol. The maximum absolute atomic E-state index is 11.3. The SMILES string of the molecule is CCNC(COc1cc(C(C)C)ccc1C)C(N)=O. The summed E-state index contributed by atoms with van der Waals surface area (Å²) in [7, 11) is 0. The van der Waals surface area contributed by atoms with E-state index < -0.39 is 6.04 Å². The highest BCUT2D eigenvalue weighted by Crippen LogP contribution is 2.24. The lowest BCUT2D eigenvalue weighted by molar-refractivity contribution is -0.120. The van der Waals surface area contributed by atoms with E-state index in [1.165, 1.54) is 5.56 Å².